The van der Waals surface area contributed by atoms with Crippen LogP contribution in [0.5, 0.6) is 0 Å². The third-order valence-electron chi connectivity index (χ3n) is 4.77. The first-order valence-corrected chi connectivity index (χ1v) is 10.9. The number of nitrogens with one attached hydrogen (secondary N) is 1. The predicted octanol–water partition coefficient (Wildman–Crippen LogP) is 2.35. The second-order valence-electron chi connectivity index (χ2n) is 6.99. The molecule has 8 heteroatoms. The Bertz CT molecular complexity index is 904. The number of rotatable bonds is 7. The first-order chi connectivity index (χ1) is 13.3. The monoisotopic (exact) mass is 421 g/mol. The Kier molecular flexibility index (Phi) is 6.72. The number of carbonyl (C=O) groups excluding carboxylic acids is 1. The first kappa shape index (κ1) is 20.8. The lowest BCUT2D eigenvalue weighted by Gasteiger charge is -2.19. The zero-order valence-electron chi connectivity index (χ0n) is 15.7. The summed E-state index contributed by atoms with van der Waals surface area (Å²) in [7, 11) is -2.33. The van der Waals surface area contributed by atoms with Crippen LogP contribution in [-0.4, -0.2) is 56.3 Å². The largest absolute Gasteiger partial charge is 0.351 e. The van der Waals surface area contributed by atoms with E-state index in [1.54, 1.807) is 0 Å². The van der Waals surface area contributed by atoms with Gasteiger partial charge in [-0.3, -0.25) is 9.69 Å². The van der Waals surface area contributed by atoms with Crippen LogP contribution in [0.3, 0.4) is 0 Å². The molecular formula is C20H24ClN3O3S. The number of amides is 1. The van der Waals surface area contributed by atoms with E-state index in [0.29, 0.717) is 5.02 Å². The van der Waals surface area contributed by atoms with Gasteiger partial charge in [0.15, 0.2) is 0 Å². The van der Waals surface area contributed by atoms with Crippen molar-refractivity contribution in [1.29, 1.82) is 0 Å². The molecule has 0 saturated carbocycles. The molecule has 1 amide bonds. The Labute approximate surface area is 171 Å². The van der Waals surface area contributed by atoms with Gasteiger partial charge in [0.05, 0.1) is 11.4 Å². The van der Waals surface area contributed by atoms with Crippen LogP contribution < -0.4 is 5.32 Å². The molecular weight excluding hydrogens is 398 g/mol. The van der Waals surface area contributed by atoms with E-state index in [4.69, 9.17) is 11.6 Å². The Balaban J connectivity index is 1.50. The van der Waals surface area contributed by atoms with Crippen LogP contribution in [0.4, 0.5) is 0 Å². The van der Waals surface area contributed by atoms with E-state index in [1.807, 2.05) is 18.2 Å². The molecule has 2 aromatic carbocycles. The molecule has 0 aliphatic carbocycles. The van der Waals surface area contributed by atoms with E-state index in [-0.39, 0.29) is 23.4 Å². The zero-order valence-corrected chi connectivity index (χ0v) is 17.3. The van der Waals surface area contributed by atoms with Crippen LogP contribution in [0.1, 0.15) is 12.0 Å². The van der Waals surface area contributed by atoms with Crippen molar-refractivity contribution in [3.63, 3.8) is 0 Å². The van der Waals surface area contributed by atoms with Crippen molar-refractivity contribution >= 4 is 27.5 Å². The summed E-state index contributed by atoms with van der Waals surface area (Å²) in [6, 6.07) is 16.1. The average molecular weight is 422 g/mol. The predicted molar refractivity (Wildman–Crippen MR) is 110 cm³/mol. The van der Waals surface area contributed by atoms with Gasteiger partial charge in [-0.05, 0) is 36.2 Å². The fraction of sp³-hybridized carbons (Fsp3) is 0.350. The maximum absolute atomic E-state index is 12.6. The molecule has 1 atom stereocenters. The number of likely N-dealkylation sites (tertiary alicyclic amines) is 1. The molecule has 1 aliphatic heterocycles. The molecule has 2 aromatic rings. The van der Waals surface area contributed by atoms with Crippen LogP contribution in [0.2, 0.25) is 5.02 Å². The minimum Gasteiger partial charge on any atom is -0.351 e. The molecule has 0 spiro atoms. The second kappa shape index (κ2) is 9.05. The van der Waals surface area contributed by atoms with E-state index in [2.05, 4.69) is 22.3 Å². The van der Waals surface area contributed by atoms with E-state index >= 15 is 0 Å². The molecule has 1 N–H and O–H groups in total. The lowest BCUT2D eigenvalue weighted by atomic mass is 10.2. The molecule has 0 unspecified atom stereocenters. The summed E-state index contributed by atoms with van der Waals surface area (Å²) in [6.45, 7) is 2.28. The normalized spacial score (nSPS) is 17.8. The zero-order chi connectivity index (χ0) is 20.1. The standard InChI is InChI=1S/C20H24ClN3O3S/c1-23(28(26,27)19-9-7-17(21)8-10-19)15-20(25)22-18-11-12-24(14-18)13-16-5-3-2-4-6-16/h2-10,18H,11-15H2,1H3,(H,22,25)/t18-/m0/s1. The van der Waals surface area contributed by atoms with Crippen molar-refractivity contribution in [2.45, 2.75) is 23.9 Å². The van der Waals surface area contributed by atoms with Crippen molar-refractivity contribution < 1.29 is 13.2 Å². The van der Waals surface area contributed by atoms with Gasteiger partial charge >= 0.3 is 0 Å². The fourth-order valence-electron chi connectivity index (χ4n) is 3.28. The maximum Gasteiger partial charge on any atom is 0.243 e. The summed E-state index contributed by atoms with van der Waals surface area (Å²) in [5.41, 5.74) is 1.24. The van der Waals surface area contributed by atoms with Crippen LogP contribution in [0.15, 0.2) is 59.5 Å². The SMILES string of the molecule is CN(CC(=O)N[C@H]1CCN(Cc2ccccc2)C1)S(=O)(=O)c1ccc(Cl)cc1. The summed E-state index contributed by atoms with van der Waals surface area (Å²) in [5, 5.41) is 3.41. The summed E-state index contributed by atoms with van der Waals surface area (Å²) in [5.74, 6) is -0.299. The van der Waals surface area contributed by atoms with E-state index in [0.717, 1.165) is 30.4 Å². The van der Waals surface area contributed by atoms with Gasteiger partial charge in [-0.25, -0.2) is 8.42 Å². The number of likely N-dealkylation sites (N-methyl/N-ethyl adjacent to an activating group) is 1. The molecule has 6 nitrogen and oxygen atoms in total. The highest BCUT2D eigenvalue weighted by Crippen LogP contribution is 2.18. The highest BCUT2D eigenvalue weighted by Gasteiger charge is 2.27. The van der Waals surface area contributed by atoms with E-state index in [1.165, 1.54) is 36.9 Å². The minimum absolute atomic E-state index is 0.0304. The first-order valence-electron chi connectivity index (χ1n) is 9.12. The Morgan fingerprint density at radius 1 is 1.18 bits per heavy atom. The molecule has 0 aromatic heterocycles. The van der Waals surface area contributed by atoms with Gasteiger partial charge in [-0.2, -0.15) is 4.31 Å². The lowest BCUT2D eigenvalue weighted by molar-refractivity contribution is -0.121. The lowest BCUT2D eigenvalue weighted by Crippen LogP contribution is -2.43. The molecule has 0 bridgehead atoms. The number of benzene rings is 2. The topological polar surface area (TPSA) is 69.7 Å². The summed E-state index contributed by atoms with van der Waals surface area (Å²) < 4.78 is 26.2. The Morgan fingerprint density at radius 3 is 2.54 bits per heavy atom. The van der Waals surface area contributed by atoms with Gasteiger partial charge in [-0.1, -0.05) is 41.9 Å². The summed E-state index contributed by atoms with van der Waals surface area (Å²) >= 11 is 5.81. The van der Waals surface area contributed by atoms with Crippen molar-refractivity contribution in [3.05, 3.63) is 65.2 Å². The number of carbonyl (C=O) groups is 1. The van der Waals surface area contributed by atoms with Gasteiger partial charge in [-0.15, -0.1) is 0 Å². The Morgan fingerprint density at radius 2 is 1.86 bits per heavy atom. The fourth-order valence-corrected chi connectivity index (χ4v) is 4.54. The molecule has 1 fully saturated rings. The van der Waals surface area contributed by atoms with Crippen LogP contribution in [0, 0.1) is 0 Å². The quantitative estimate of drug-likeness (QED) is 0.745. The molecule has 3 rings (SSSR count). The van der Waals surface area contributed by atoms with E-state index in [9.17, 15) is 13.2 Å². The van der Waals surface area contributed by atoms with Gasteiger partial charge in [0.1, 0.15) is 0 Å². The number of hydrogen-bond acceptors (Lipinski definition) is 4. The number of hydrogen-bond donors (Lipinski definition) is 1. The van der Waals surface area contributed by atoms with Crippen molar-refractivity contribution in [1.82, 2.24) is 14.5 Å². The molecule has 1 aliphatic rings. The van der Waals surface area contributed by atoms with Crippen molar-refractivity contribution in [2.75, 3.05) is 26.7 Å². The molecule has 1 heterocycles. The minimum atomic E-state index is -3.73. The number of nitrogens with zero attached hydrogens (tertiary/aromatic N) is 2. The average Bonchev–Trinajstić information content (AvgIpc) is 3.09. The maximum atomic E-state index is 12.6. The third-order valence-corrected chi connectivity index (χ3v) is 6.84. The molecule has 28 heavy (non-hydrogen) atoms. The van der Waals surface area contributed by atoms with Gasteiger partial charge in [0.2, 0.25) is 15.9 Å². The van der Waals surface area contributed by atoms with Gasteiger partial charge < -0.3 is 5.32 Å². The summed E-state index contributed by atoms with van der Waals surface area (Å²) in [6.07, 6.45) is 0.853. The molecule has 150 valence electrons. The highest BCUT2D eigenvalue weighted by atomic mass is 35.5. The van der Waals surface area contributed by atoms with Gasteiger partial charge in [0.25, 0.3) is 0 Å². The second-order valence-corrected chi connectivity index (χ2v) is 9.47. The molecule has 1 saturated heterocycles. The Hall–Kier alpha value is -1.93. The van der Waals surface area contributed by atoms with Crippen molar-refractivity contribution in [2.24, 2.45) is 0 Å². The van der Waals surface area contributed by atoms with Crippen LogP contribution in [-0.2, 0) is 21.4 Å². The third kappa shape index (κ3) is 5.32. The number of halogens is 1. The number of sulfonamides is 1. The van der Waals surface area contributed by atoms with Crippen LogP contribution >= 0.6 is 11.6 Å². The van der Waals surface area contributed by atoms with Gasteiger partial charge in [0, 0.05) is 37.7 Å². The van der Waals surface area contributed by atoms with Crippen LogP contribution in [0.25, 0.3) is 0 Å². The summed E-state index contributed by atoms with van der Waals surface area (Å²) in [4.78, 5) is 14.7. The van der Waals surface area contributed by atoms with E-state index < -0.39 is 10.0 Å². The smallest absolute Gasteiger partial charge is 0.243 e. The van der Waals surface area contributed by atoms with Crippen molar-refractivity contribution in [3.8, 4) is 0 Å². The molecule has 0 radical (unpaired) electrons. The highest BCUT2D eigenvalue weighted by molar-refractivity contribution is 7.89.